The number of ether oxygens (including phenoxy) is 3. The molecule has 3 aromatic carbocycles. The van der Waals surface area contributed by atoms with Crippen LogP contribution in [0, 0.1) is 6.92 Å². The van der Waals surface area contributed by atoms with E-state index >= 15 is 0 Å². The molecular formula is C31H28N2O6S. The van der Waals surface area contributed by atoms with Crippen molar-refractivity contribution in [3.8, 4) is 27.8 Å². The average Bonchev–Trinajstić information content (AvgIpc) is 3.50. The summed E-state index contributed by atoms with van der Waals surface area (Å²) in [5, 5.41) is 11.7. The number of methoxy groups -OCH3 is 2. The highest BCUT2D eigenvalue weighted by Crippen LogP contribution is 2.41. The molecule has 1 amide bonds. The second-order valence-corrected chi connectivity index (χ2v) is 10.1. The molecule has 0 spiro atoms. The van der Waals surface area contributed by atoms with Gasteiger partial charge in [-0.2, -0.15) is 0 Å². The second kappa shape index (κ2) is 11.6. The van der Waals surface area contributed by atoms with Gasteiger partial charge in [0.25, 0.3) is 5.91 Å². The van der Waals surface area contributed by atoms with Crippen molar-refractivity contribution < 1.29 is 28.9 Å². The van der Waals surface area contributed by atoms with Crippen LogP contribution in [0.15, 0.2) is 90.2 Å². The minimum atomic E-state index is -0.813. The summed E-state index contributed by atoms with van der Waals surface area (Å²) in [6.07, 6.45) is 0. The first-order chi connectivity index (χ1) is 19.4. The number of Topliss-reactive ketones (excluding diaryl/α,β-unsaturated/α-hetero) is 1. The molecule has 0 fully saturated rings. The van der Waals surface area contributed by atoms with Crippen LogP contribution in [-0.4, -0.2) is 54.1 Å². The number of benzene rings is 3. The lowest BCUT2D eigenvalue weighted by Gasteiger charge is -2.27. The Morgan fingerprint density at radius 1 is 0.925 bits per heavy atom. The Morgan fingerprint density at radius 3 is 2.15 bits per heavy atom. The maximum atomic E-state index is 14.0. The first kappa shape index (κ1) is 27.0. The highest BCUT2D eigenvalue weighted by molar-refractivity contribution is 7.17. The maximum absolute atomic E-state index is 14.0. The fourth-order valence-corrected chi connectivity index (χ4v) is 5.64. The van der Waals surface area contributed by atoms with Gasteiger partial charge in [0.2, 0.25) is 5.78 Å². The van der Waals surface area contributed by atoms with Gasteiger partial charge in [0.1, 0.15) is 28.9 Å². The summed E-state index contributed by atoms with van der Waals surface area (Å²) in [5.41, 5.74) is 2.11. The summed E-state index contributed by atoms with van der Waals surface area (Å²) in [4.78, 5) is 33.8. The van der Waals surface area contributed by atoms with Crippen molar-refractivity contribution >= 4 is 23.0 Å². The summed E-state index contributed by atoms with van der Waals surface area (Å²) in [7, 11) is 3.15. The monoisotopic (exact) mass is 556 g/mol. The van der Waals surface area contributed by atoms with E-state index in [-0.39, 0.29) is 18.7 Å². The van der Waals surface area contributed by atoms with Crippen LogP contribution in [0.25, 0.3) is 10.6 Å². The number of carbonyl (C=O) groups excluding carboxylic acids is 2. The van der Waals surface area contributed by atoms with E-state index in [1.807, 2.05) is 30.3 Å². The zero-order valence-electron chi connectivity index (χ0n) is 22.3. The molecule has 0 radical (unpaired) electrons. The molecule has 0 bridgehead atoms. The first-order valence-corrected chi connectivity index (χ1v) is 13.5. The molecule has 204 valence electrons. The number of rotatable bonds is 10. The van der Waals surface area contributed by atoms with Crippen molar-refractivity contribution in [3.63, 3.8) is 0 Å². The standard InChI is InChI=1S/C31H28N2O6S/c1-19-29(40-30(32-19)21-7-5-4-6-8-21)27(34)25-26(20-9-11-22(37-2)12-10-20)33(31(36)28(25)35)17-18-39-24-15-13-23(38-3)14-16-24/h4-16,26,35H,17-18H2,1-3H3. The number of carbonyl (C=O) groups is 2. The van der Waals surface area contributed by atoms with Gasteiger partial charge in [-0.3, -0.25) is 9.59 Å². The van der Waals surface area contributed by atoms with Gasteiger partial charge in [-0.25, -0.2) is 4.98 Å². The van der Waals surface area contributed by atoms with Crippen LogP contribution < -0.4 is 14.2 Å². The quantitative estimate of drug-likeness (QED) is 0.247. The number of amides is 1. The Hall–Kier alpha value is -4.63. The van der Waals surface area contributed by atoms with Crippen molar-refractivity contribution in [2.24, 2.45) is 0 Å². The summed E-state index contributed by atoms with van der Waals surface area (Å²) < 4.78 is 16.3. The minimum absolute atomic E-state index is 0.0194. The van der Waals surface area contributed by atoms with Gasteiger partial charge in [0.05, 0.1) is 43.0 Å². The largest absolute Gasteiger partial charge is 0.503 e. The van der Waals surface area contributed by atoms with Crippen LogP contribution in [0.5, 0.6) is 17.2 Å². The number of aryl methyl sites for hydroxylation is 1. The van der Waals surface area contributed by atoms with Crippen LogP contribution in [-0.2, 0) is 4.79 Å². The molecule has 9 heteroatoms. The van der Waals surface area contributed by atoms with E-state index in [0.717, 1.165) is 5.56 Å². The average molecular weight is 557 g/mol. The third kappa shape index (κ3) is 5.28. The Balaban J connectivity index is 1.45. The predicted octanol–water partition coefficient (Wildman–Crippen LogP) is 5.79. The van der Waals surface area contributed by atoms with Crippen molar-refractivity contribution in [1.82, 2.24) is 9.88 Å². The van der Waals surface area contributed by atoms with Crippen LogP contribution in [0.3, 0.4) is 0 Å². The smallest absolute Gasteiger partial charge is 0.290 e. The van der Waals surface area contributed by atoms with Gasteiger partial charge in [-0.15, -0.1) is 11.3 Å². The molecule has 1 aromatic heterocycles. The number of ketones is 1. The summed E-state index contributed by atoms with van der Waals surface area (Å²) in [6, 6.07) is 23.0. The number of aliphatic hydroxyl groups excluding tert-OH is 1. The number of nitrogens with zero attached hydrogens (tertiary/aromatic N) is 2. The second-order valence-electron chi connectivity index (χ2n) is 9.09. The molecule has 1 unspecified atom stereocenters. The van der Waals surface area contributed by atoms with Crippen molar-refractivity contribution in [2.45, 2.75) is 13.0 Å². The van der Waals surface area contributed by atoms with Crippen molar-refractivity contribution in [1.29, 1.82) is 0 Å². The molecule has 5 rings (SSSR count). The Morgan fingerprint density at radius 2 is 1.52 bits per heavy atom. The molecule has 0 saturated carbocycles. The fourth-order valence-electron chi connectivity index (χ4n) is 4.62. The molecule has 2 heterocycles. The summed E-state index contributed by atoms with van der Waals surface area (Å²) >= 11 is 1.24. The van der Waals surface area contributed by atoms with Crippen LogP contribution in [0.2, 0.25) is 0 Å². The first-order valence-electron chi connectivity index (χ1n) is 12.6. The maximum Gasteiger partial charge on any atom is 0.290 e. The number of aliphatic hydroxyl groups is 1. The van der Waals surface area contributed by atoms with Gasteiger partial charge < -0.3 is 24.2 Å². The van der Waals surface area contributed by atoms with Gasteiger partial charge in [0.15, 0.2) is 5.76 Å². The topological polar surface area (TPSA) is 98.2 Å². The van der Waals surface area contributed by atoms with E-state index in [1.165, 1.54) is 16.2 Å². The van der Waals surface area contributed by atoms with Crippen LogP contribution in [0.1, 0.15) is 27.0 Å². The van der Waals surface area contributed by atoms with Crippen LogP contribution >= 0.6 is 11.3 Å². The number of thiazole rings is 1. The van der Waals surface area contributed by atoms with Gasteiger partial charge in [0, 0.05) is 5.56 Å². The molecule has 1 atom stereocenters. The molecule has 0 saturated heterocycles. The van der Waals surface area contributed by atoms with E-state index in [2.05, 4.69) is 4.98 Å². The highest BCUT2D eigenvalue weighted by Gasteiger charge is 2.44. The third-order valence-corrected chi connectivity index (χ3v) is 7.87. The molecule has 0 aliphatic carbocycles. The number of hydrogen-bond donors (Lipinski definition) is 1. The Labute approximate surface area is 236 Å². The number of hydrogen-bond acceptors (Lipinski definition) is 8. The zero-order valence-corrected chi connectivity index (χ0v) is 23.1. The van der Waals surface area contributed by atoms with E-state index in [0.29, 0.717) is 38.4 Å². The lowest BCUT2D eigenvalue weighted by Crippen LogP contribution is -2.34. The lowest BCUT2D eigenvalue weighted by atomic mass is 9.95. The Kier molecular flexibility index (Phi) is 7.84. The van der Waals surface area contributed by atoms with Crippen molar-refractivity contribution in [2.75, 3.05) is 27.4 Å². The normalized spacial score (nSPS) is 14.9. The van der Waals surface area contributed by atoms with E-state index in [4.69, 9.17) is 14.2 Å². The molecule has 40 heavy (non-hydrogen) atoms. The number of aromatic nitrogens is 1. The third-order valence-electron chi connectivity index (χ3n) is 6.66. The minimum Gasteiger partial charge on any atom is -0.503 e. The van der Waals surface area contributed by atoms with E-state index in [9.17, 15) is 14.7 Å². The molecule has 1 aliphatic rings. The van der Waals surface area contributed by atoms with Gasteiger partial charge >= 0.3 is 0 Å². The summed E-state index contributed by atoms with van der Waals surface area (Å²) in [5.74, 6) is 0.317. The predicted molar refractivity (Wildman–Crippen MR) is 152 cm³/mol. The SMILES string of the molecule is COc1ccc(OCCN2C(=O)C(O)=C(C(=O)c3sc(-c4ccccc4)nc3C)C2c2ccc(OC)cc2)cc1. The molecule has 1 aliphatic heterocycles. The fraction of sp³-hybridized carbons (Fsp3) is 0.194. The molecule has 8 nitrogen and oxygen atoms in total. The lowest BCUT2D eigenvalue weighted by molar-refractivity contribution is -0.129. The summed E-state index contributed by atoms with van der Waals surface area (Å²) in [6.45, 7) is 2.05. The van der Waals surface area contributed by atoms with E-state index in [1.54, 1.807) is 69.7 Å². The zero-order chi connectivity index (χ0) is 28.2. The van der Waals surface area contributed by atoms with Gasteiger partial charge in [-0.1, -0.05) is 42.5 Å². The van der Waals surface area contributed by atoms with Gasteiger partial charge in [-0.05, 0) is 48.9 Å². The van der Waals surface area contributed by atoms with E-state index < -0.39 is 23.5 Å². The molecular weight excluding hydrogens is 528 g/mol. The Bertz CT molecular complexity index is 1550. The highest BCUT2D eigenvalue weighted by atomic mass is 32.1. The molecule has 1 N–H and O–H groups in total. The van der Waals surface area contributed by atoms with Crippen LogP contribution in [0.4, 0.5) is 0 Å². The van der Waals surface area contributed by atoms with Crippen molar-refractivity contribution in [3.05, 3.63) is 106 Å². The molecule has 4 aromatic rings.